The first-order chi connectivity index (χ1) is 8.95. The van der Waals surface area contributed by atoms with Crippen LogP contribution in [0.15, 0.2) is 28.3 Å². The number of quaternary nitrogens is 2. The zero-order valence-corrected chi connectivity index (χ0v) is 9.99. The minimum Gasteiger partial charge on any atom is -0.595 e. The van der Waals surface area contributed by atoms with Gasteiger partial charge < -0.3 is 16.1 Å². The lowest BCUT2D eigenvalue weighted by Gasteiger charge is -2.17. The van der Waals surface area contributed by atoms with Crippen LogP contribution in [0.4, 0.5) is 11.4 Å². The topological polar surface area (TPSA) is 158 Å². The maximum absolute atomic E-state index is 11.0. The number of nitrogens with zero attached hydrogens (tertiary/aromatic N) is 2. The average molecular weight is 270 g/mol. The Morgan fingerprint density at radius 2 is 2.05 bits per heavy atom. The number of aliphatic imine (C=N–C) groups is 1. The first kappa shape index (κ1) is 15.0. The van der Waals surface area contributed by atoms with Gasteiger partial charge in [0.1, 0.15) is 0 Å². The first-order valence-electron chi connectivity index (χ1n) is 5.07. The third kappa shape index (κ3) is 4.26. The summed E-state index contributed by atoms with van der Waals surface area (Å²) in [5, 5.41) is 40.8. The van der Waals surface area contributed by atoms with E-state index in [2.05, 4.69) is 15.5 Å². The summed E-state index contributed by atoms with van der Waals surface area (Å²) >= 11 is 0. The summed E-state index contributed by atoms with van der Waals surface area (Å²) < 4.78 is 0. The van der Waals surface area contributed by atoms with E-state index >= 15 is 0 Å². The van der Waals surface area contributed by atoms with Crippen molar-refractivity contribution in [3.05, 3.63) is 34.2 Å². The molecule has 2 unspecified atom stereocenters. The van der Waals surface area contributed by atoms with E-state index in [1.54, 1.807) is 0 Å². The summed E-state index contributed by atoms with van der Waals surface area (Å²) in [6.07, 6.45) is 1.22. The van der Waals surface area contributed by atoms with Gasteiger partial charge in [-0.2, -0.15) is 15.6 Å². The molecule has 1 aromatic rings. The molecule has 1 aromatic carbocycles. The third-order valence-corrected chi connectivity index (χ3v) is 2.15. The van der Waals surface area contributed by atoms with Crippen LogP contribution in [0.3, 0.4) is 0 Å². The number of hydrazone groups is 1. The van der Waals surface area contributed by atoms with E-state index in [-0.39, 0.29) is 22.9 Å². The molecule has 0 saturated heterocycles. The first-order valence-corrected chi connectivity index (χ1v) is 5.07. The SMILES string of the molecule is CN=C(N)N/N=C/c1ccc([NH+]([O-])O)cc1[NH+]([O-])O. The van der Waals surface area contributed by atoms with Crippen molar-refractivity contribution < 1.29 is 20.9 Å². The number of nitrogens with two attached hydrogens (primary N) is 1. The van der Waals surface area contributed by atoms with Gasteiger partial charge in [0.2, 0.25) is 5.96 Å². The summed E-state index contributed by atoms with van der Waals surface area (Å²) in [5.74, 6) is 0.0651. The quantitative estimate of drug-likeness (QED) is 0.199. The fourth-order valence-corrected chi connectivity index (χ4v) is 1.21. The Morgan fingerprint density at radius 1 is 1.37 bits per heavy atom. The Hall–Kier alpha value is -2.08. The van der Waals surface area contributed by atoms with E-state index in [4.69, 9.17) is 16.1 Å². The van der Waals surface area contributed by atoms with E-state index in [1.807, 2.05) is 0 Å². The Balaban J connectivity index is 3.00. The van der Waals surface area contributed by atoms with Gasteiger partial charge in [0.25, 0.3) is 0 Å². The Bertz CT molecular complexity index is 488. The molecule has 7 N–H and O–H groups in total. The van der Waals surface area contributed by atoms with Crippen LogP contribution in [0.25, 0.3) is 0 Å². The molecule has 0 fully saturated rings. The number of guanidine groups is 1. The molecule has 0 spiro atoms. The van der Waals surface area contributed by atoms with Crippen molar-refractivity contribution in [2.24, 2.45) is 15.8 Å². The molecule has 0 aliphatic rings. The smallest absolute Gasteiger partial charge is 0.209 e. The maximum Gasteiger partial charge on any atom is 0.209 e. The van der Waals surface area contributed by atoms with Gasteiger partial charge in [-0.25, -0.2) is 15.8 Å². The Morgan fingerprint density at radius 3 is 2.58 bits per heavy atom. The Labute approximate surface area is 108 Å². The average Bonchev–Trinajstić information content (AvgIpc) is 2.38. The highest BCUT2D eigenvalue weighted by Crippen LogP contribution is 2.13. The number of nitrogens with one attached hydrogen (secondary N) is 3. The predicted octanol–water partition coefficient (Wildman–Crippen LogP) is -2.64. The zero-order chi connectivity index (χ0) is 14.4. The van der Waals surface area contributed by atoms with Crippen LogP contribution in [-0.4, -0.2) is 29.6 Å². The molecule has 0 aliphatic carbocycles. The largest absolute Gasteiger partial charge is 0.595 e. The lowest BCUT2D eigenvalue weighted by molar-refractivity contribution is -0.996. The monoisotopic (exact) mass is 270 g/mol. The summed E-state index contributed by atoms with van der Waals surface area (Å²) in [5.41, 5.74) is 7.66. The molecular weight excluding hydrogens is 256 g/mol. The highest BCUT2D eigenvalue weighted by Gasteiger charge is 2.12. The minimum absolute atomic E-state index is 0.0651. The van der Waals surface area contributed by atoms with E-state index in [0.717, 1.165) is 6.07 Å². The van der Waals surface area contributed by atoms with Gasteiger partial charge in [0, 0.05) is 13.1 Å². The van der Waals surface area contributed by atoms with Crippen molar-refractivity contribution in [3.63, 3.8) is 0 Å². The number of hydrogen-bond donors (Lipinski definition) is 6. The number of benzene rings is 1. The van der Waals surface area contributed by atoms with Crippen molar-refractivity contribution in [3.8, 4) is 0 Å². The second-order valence-corrected chi connectivity index (χ2v) is 3.39. The molecule has 0 radical (unpaired) electrons. The molecule has 0 aliphatic heterocycles. The molecule has 0 bridgehead atoms. The highest BCUT2D eigenvalue weighted by molar-refractivity contribution is 5.87. The molecule has 19 heavy (non-hydrogen) atoms. The van der Waals surface area contributed by atoms with Crippen LogP contribution in [-0.2, 0) is 0 Å². The summed E-state index contributed by atoms with van der Waals surface area (Å²) in [6.45, 7) is 0. The summed E-state index contributed by atoms with van der Waals surface area (Å²) in [7, 11) is 1.46. The Kier molecular flexibility index (Phi) is 5.32. The minimum atomic E-state index is -1.25. The van der Waals surface area contributed by atoms with E-state index < -0.39 is 10.5 Å². The molecule has 10 heteroatoms. The van der Waals surface area contributed by atoms with Crippen molar-refractivity contribution in [1.29, 1.82) is 0 Å². The second-order valence-electron chi connectivity index (χ2n) is 3.39. The van der Waals surface area contributed by atoms with Crippen molar-refractivity contribution in [2.75, 3.05) is 7.05 Å². The van der Waals surface area contributed by atoms with Crippen LogP contribution in [0.5, 0.6) is 0 Å². The summed E-state index contributed by atoms with van der Waals surface area (Å²) in [6, 6.07) is 3.69. The molecular formula is C9H14N6O4. The second kappa shape index (κ2) is 6.75. The van der Waals surface area contributed by atoms with Gasteiger partial charge in [-0.3, -0.25) is 4.99 Å². The van der Waals surface area contributed by atoms with Gasteiger partial charge >= 0.3 is 0 Å². The van der Waals surface area contributed by atoms with Gasteiger partial charge in [-0.1, -0.05) is 0 Å². The van der Waals surface area contributed by atoms with Crippen LogP contribution < -0.4 is 21.6 Å². The van der Waals surface area contributed by atoms with E-state index in [9.17, 15) is 10.4 Å². The van der Waals surface area contributed by atoms with Gasteiger partial charge in [-0.15, -0.1) is 0 Å². The molecule has 0 heterocycles. The summed E-state index contributed by atoms with van der Waals surface area (Å²) in [4.78, 5) is 3.59. The van der Waals surface area contributed by atoms with E-state index in [1.165, 1.54) is 25.4 Å². The maximum atomic E-state index is 11.0. The zero-order valence-electron chi connectivity index (χ0n) is 9.99. The lowest BCUT2D eigenvalue weighted by Crippen LogP contribution is -3.01. The van der Waals surface area contributed by atoms with Crippen LogP contribution >= 0.6 is 0 Å². The normalized spacial score (nSPS) is 15.5. The van der Waals surface area contributed by atoms with E-state index in [0.29, 0.717) is 0 Å². The lowest BCUT2D eigenvalue weighted by atomic mass is 10.2. The van der Waals surface area contributed by atoms with Crippen LogP contribution in [0, 0.1) is 10.4 Å². The van der Waals surface area contributed by atoms with Gasteiger partial charge in [0.15, 0.2) is 11.4 Å². The van der Waals surface area contributed by atoms with Gasteiger partial charge in [-0.05, 0) is 6.07 Å². The van der Waals surface area contributed by atoms with Crippen LogP contribution in [0.2, 0.25) is 0 Å². The molecule has 1 rings (SSSR count). The van der Waals surface area contributed by atoms with Crippen molar-refractivity contribution in [1.82, 2.24) is 5.43 Å². The number of rotatable bonds is 4. The van der Waals surface area contributed by atoms with Gasteiger partial charge in [0.05, 0.1) is 17.8 Å². The molecule has 0 amide bonds. The molecule has 0 aromatic heterocycles. The van der Waals surface area contributed by atoms with Crippen LogP contribution in [0.1, 0.15) is 5.56 Å². The third-order valence-electron chi connectivity index (χ3n) is 2.15. The van der Waals surface area contributed by atoms with Crippen molar-refractivity contribution >= 4 is 23.5 Å². The predicted molar refractivity (Wildman–Crippen MR) is 66.3 cm³/mol. The molecule has 2 atom stereocenters. The standard InChI is InChI=1S/C9H14N6O4/c1-11-9(10)13-12-5-6-2-3-7(14(16)17)4-8(6)15(18)19/h2-5,14-16,18H,1H3,(H3,10,11,13)/b12-5+. The molecule has 0 saturated carbocycles. The molecule has 104 valence electrons. The molecule has 10 nitrogen and oxygen atoms in total. The fourth-order valence-electron chi connectivity index (χ4n) is 1.21. The fraction of sp³-hybridized carbons (Fsp3) is 0.111. The highest BCUT2D eigenvalue weighted by atomic mass is 16.8. The number of hydrogen-bond acceptors (Lipinski definition) is 6. The van der Waals surface area contributed by atoms with Crippen molar-refractivity contribution in [2.45, 2.75) is 0 Å².